The zero-order chi connectivity index (χ0) is 15.5. The van der Waals surface area contributed by atoms with Crippen LogP contribution in [0.1, 0.15) is 5.56 Å². The van der Waals surface area contributed by atoms with Crippen LogP contribution in [0.25, 0.3) is 0 Å². The average molecular weight is 314 g/mol. The monoisotopic (exact) mass is 313 g/mol. The highest BCUT2D eigenvalue weighted by Gasteiger charge is 2.06. The summed E-state index contributed by atoms with van der Waals surface area (Å²) in [7, 11) is 5.42. The Balaban J connectivity index is 2.34. The zero-order valence-corrected chi connectivity index (χ0v) is 13.7. The van der Waals surface area contributed by atoms with Crippen LogP contribution in [0.3, 0.4) is 0 Å². The molecule has 0 bridgehead atoms. The van der Waals surface area contributed by atoms with Gasteiger partial charge in [-0.3, -0.25) is 4.99 Å². The van der Waals surface area contributed by atoms with Gasteiger partial charge in [0.15, 0.2) is 5.96 Å². The van der Waals surface area contributed by atoms with Gasteiger partial charge < -0.3 is 19.7 Å². The lowest BCUT2D eigenvalue weighted by molar-refractivity contribution is 0.0731. The fourth-order valence-electron chi connectivity index (χ4n) is 1.85. The summed E-state index contributed by atoms with van der Waals surface area (Å²) in [6, 6.07) is 7.82. The molecule has 0 saturated heterocycles. The van der Waals surface area contributed by atoms with E-state index >= 15 is 0 Å². The Bertz CT molecular complexity index is 441. The maximum Gasteiger partial charge on any atom is 0.193 e. The maximum absolute atomic E-state index is 5.99. The van der Waals surface area contributed by atoms with Crippen LogP contribution in [-0.4, -0.2) is 58.4 Å². The molecule has 21 heavy (non-hydrogen) atoms. The molecule has 0 fully saturated rings. The first kappa shape index (κ1) is 17.8. The molecule has 1 aromatic rings. The van der Waals surface area contributed by atoms with Gasteiger partial charge in [0.25, 0.3) is 0 Å². The summed E-state index contributed by atoms with van der Waals surface area (Å²) in [5.41, 5.74) is 1.14. The maximum atomic E-state index is 5.99. The van der Waals surface area contributed by atoms with Gasteiger partial charge in [-0.15, -0.1) is 0 Å². The molecule has 0 unspecified atom stereocenters. The minimum absolute atomic E-state index is 0.606. The molecule has 0 aliphatic carbocycles. The zero-order valence-electron chi connectivity index (χ0n) is 12.9. The molecule has 0 heterocycles. The molecule has 118 valence electrons. The van der Waals surface area contributed by atoms with Crippen molar-refractivity contribution in [1.29, 1.82) is 0 Å². The van der Waals surface area contributed by atoms with Crippen LogP contribution in [-0.2, 0) is 16.0 Å². The number of nitrogens with one attached hydrogen (secondary N) is 1. The summed E-state index contributed by atoms with van der Waals surface area (Å²) < 4.78 is 10.3. The second-order valence-corrected chi connectivity index (χ2v) is 5.00. The van der Waals surface area contributed by atoms with Crippen molar-refractivity contribution in [2.45, 2.75) is 6.54 Å². The van der Waals surface area contributed by atoms with E-state index in [0.29, 0.717) is 26.4 Å². The Hall–Kier alpha value is -1.30. The Morgan fingerprint density at radius 2 is 2.14 bits per heavy atom. The molecule has 1 N–H and O–H groups in total. The van der Waals surface area contributed by atoms with Gasteiger partial charge in [0.1, 0.15) is 0 Å². The summed E-state index contributed by atoms with van der Waals surface area (Å²) >= 11 is 5.99. The summed E-state index contributed by atoms with van der Waals surface area (Å²) in [5.74, 6) is 0.824. The predicted molar refractivity (Wildman–Crippen MR) is 87.0 cm³/mol. The molecule has 0 aromatic heterocycles. The number of benzene rings is 1. The van der Waals surface area contributed by atoms with Crippen molar-refractivity contribution < 1.29 is 9.47 Å². The van der Waals surface area contributed by atoms with E-state index in [1.165, 1.54) is 0 Å². The van der Waals surface area contributed by atoms with Crippen LogP contribution in [0.2, 0.25) is 5.02 Å². The molecular weight excluding hydrogens is 290 g/mol. The third kappa shape index (κ3) is 7.32. The second-order valence-electron chi connectivity index (χ2n) is 4.57. The van der Waals surface area contributed by atoms with Crippen LogP contribution >= 0.6 is 11.6 Å². The number of rotatable bonds is 8. The fourth-order valence-corrected chi connectivity index (χ4v) is 2.06. The lowest BCUT2D eigenvalue weighted by Gasteiger charge is -2.22. The lowest BCUT2D eigenvalue weighted by Crippen LogP contribution is -2.40. The number of hydrogen-bond acceptors (Lipinski definition) is 3. The highest BCUT2D eigenvalue weighted by atomic mass is 35.5. The van der Waals surface area contributed by atoms with E-state index in [4.69, 9.17) is 21.1 Å². The van der Waals surface area contributed by atoms with Gasteiger partial charge in [-0.1, -0.05) is 23.7 Å². The Morgan fingerprint density at radius 1 is 1.33 bits per heavy atom. The summed E-state index contributed by atoms with van der Waals surface area (Å²) in [6.45, 7) is 3.28. The molecular formula is C15H24ClN3O2. The first-order valence-corrected chi connectivity index (χ1v) is 7.28. The summed E-state index contributed by atoms with van der Waals surface area (Å²) in [6.07, 6.45) is 0. The van der Waals surface area contributed by atoms with Crippen LogP contribution in [0.5, 0.6) is 0 Å². The molecule has 1 rings (SSSR count). The van der Waals surface area contributed by atoms with E-state index in [-0.39, 0.29) is 0 Å². The van der Waals surface area contributed by atoms with Gasteiger partial charge in [0.2, 0.25) is 0 Å². The van der Waals surface area contributed by atoms with Crippen molar-refractivity contribution in [3.05, 3.63) is 34.9 Å². The molecule has 0 saturated carbocycles. The van der Waals surface area contributed by atoms with Gasteiger partial charge in [0.05, 0.1) is 19.8 Å². The number of nitrogens with zero attached hydrogens (tertiary/aromatic N) is 2. The van der Waals surface area contributed by atoms with Crippen molar-refractivity contribution >= 4 is 17.6 Å². The third-order valence-electron chi connectivity index (χ3n) is 2.84. The number of halogens is 1. The molecule has 0 spiro atoms. The van der Waals surface area contributed by atoms with Crippen LogP contribution < -0.4 is 5.32 Å². The molecule has 5 nitrogen and oxygen atoms in total. The van der Waals surface area contributed by atoms with Crippen LogP contribution in [0, 0.1) is 0 Å². The van der Waals surface area contributed by atoms with Crippen molar-refractivity contribution in [1.82, 2.24) is 10.2 Å². The largest absolute Gasteiger partial charge is 0.382 e. The highest BCUT2D eigenvalue weighted by Crippen LogP contribution is 2.12. The van der Waals surface area contributed by atoms with Gasteiger partial charge in [-0.25, -0.2) is 0 Å². The highest BCUT2D eigenvalue weighted by molar-refractivity contribution is 6.30. The summed E-state index contributed by atoms with van der Waals surface area (Å²) in [5, 5.41) is 4.00. The molecule has 0 amide bonds. The fraction of sp³-hybridized carbons (Fsp3) is 0.533. The Kier molecular flexibility index (Phi) is 8.82. The Labute approximate surface area is 131 Å². The number of hydrogen-bond donors (Lipinski definition) is 1. The van der Waals surface area contributed by atoms with E-state index < -0.39 is 0 Å². The average Bonchev–Trinajstić information content (AvgIpc) is 2.46. The topological polar surface area (TPSA) is 46.1 Å². The smallest absolute Gasteiger partial charge is 0.193 e. The van der Waals surface area contributed by atoms with Crippen LogP contribution in [0.4, 0.5) is 0 Å². The number of aliphatic imine (C=N–C) groups is 1. The number of ether oxygens (including phenoxy) is 2. The molecule has 6 heteroatoms. The lowest BCUT2D eigenvalue weighted by atomic mass is 10.2. The van der Waals surface area contributed by atoms with E-state index in [1.807, 2.05) is 36.2 Å². The number of methoxy groups -OCH3 is 1. The molecule has 0 aliphatic heterocycles. The van der Waals surface area contributed by atoms with E-state index in [2.05, 4.69) is 10.3 Å². The van der Waals surface area contributed by atoms with E-state index in [0.717, 1.165) is 23.1 Å². The van der Waals surface area contributed by atoms with Gasteiger partial charge >= 0.3 is 0 Å². The molecule has 0 aliphatic rings. The molecule has 1 aromatic carbocycles. The first-order valence-electron chi connectivity index (χ1n) is 6.90. The van der Waals surface area contributed by atoms with Crippen molar-refractivity contribution in [2.75, 3.05) is 47.6 Å². The van der Waals surface area contributed by atoms with Crippen LogP contribution in [0.15, 0.2) is 29.3 Å². The minimum atomic E-state index is 0.606. The van der Waals surface area contributed by atoms with Crippen molar-refractivity contribution in [2.24, 2.45) is 4.99 Å². The summed E-state index contributed by atoms with van der Waals surface area (Å²) in [4.78, 5) is 6.30. The quantitative estimate of drug-likeness (QED) is 0.453. The van der Waals surface area contributed by atoms with Crippen molar-refractivity contribution in [3.63, 3.8) is 0 Å². The van der Waals surface area contributed by atoms with E-state index in [9.17, 15) is 0 Å². The van der Waals surface area contributed by atoms with Gasteiger partial charge in [-0.05, 0) is 17.7 Å². The SMILES string of the molecule is CN=C(NCCOCCOC)N(C)Cc1cccc(Cl)c1. The normalized spacial score (nSPS) is 11.5. The standard InChI is InChI=1S/C15H24ClN3O2/c1-17-15(18-7-8-21-10-9-20-3)19(2)12-13-5-4-6-14(16)11-13/h4-6,11H,7-10,12H2,1-3H3,(H,17,18). The van der Waals surface area contributed by atoms with Crippen molar-refractivity contribution in [3.8, 4) is 0 Å². The van der Waals surface area contributed by atoms with Gasteiger partial charge in [-0.2, -0.15) is 0 Å². The van der Waals surface area contributed by atoms with E-state index in [1.54, 1.807) is 14.2 Å². The number of guanidine groups is 1. The second kappa shape index (κ2) is 10.4. The third-order valence-corrected chi connectivity index (χ3v) is 3.08. The first-order chi connectivity index (χ1) is 10.2. The molecule has 0 radical (unpaired) electrons. The minimum Gasteiger partial charge on any atom is -0.382 e. The van der Waals surface area contributed by atoms with Gasteiger partial charge in [0, 0.05) is 39.3 Å². The Morgan fingerprint density at radius 3 is 2.81 bits per heavy atom. The molecule has 0 atom stereocenters. The predicted octanol–water partition coefficient (Wildman–Crippen LogP) is 2.01.